The summed E-state index contributed by atoms with van der Waals surface area (Å²) in [5.41, 5.74) is 0.888. The van der Waals surface area contributed by atoms with E-state index in [2.05, 4.69) is 8.86 Å². The third-order valence-electron chi connectivity index (χ3n) is 2.00. The van der Waals surface area contributed by atoms with Gasteiger partial charge in [0.1, 0.15) is 9.92 Å². The van der Waals surface area contributed by atoms with E-state index in [4.69, 9.17) is 4.78 Å². The second-order valence-corrected chi connectivity index (χ2v) is 5.97. The van der Waals surface area contributed by atoms with Gasteiger partial charge in [-0.3, -0.25) is 0 Å². The first-order valence-corrected chi connectivity index (χ1v) is 7.68. The number of nitrogens with one attached hydrogen (secondary N) is 2. The third-order valence-corrected chi connectivity index (χ3v) is 4.46. The Hall–Kier alpha value is -1.05. The van der Waals surface area contributed by atoms with Gasteiger partial charge in [-0.2, -0.15) is 4.13 Å². The molecule has 7 heteroatoms. The van der Waals surface area contributed by atoms with Crippen molar-refractivity contribution in [3.8, 4) is 0 Å². The molecule has 17 heavy (non-hydrogen) atoms. The molecule has 1 rings (SSSR count). The molecular weight excluding hydrogens is 260 g/mol. The zero-order valence-electron chi connectivity index (χ0n) is 9.56. The normalized spacial score (nSPS) is 14.0. The minimum Gasteiger partial charge on any atom is -0.465 e. The van der Waals surface area contributed by atoms with Crippen LogP contribution in [0.15, 0.2) is 24.3 Å². The molecule has 0 saturated carbocycles. The van der Waals surface area contributed by atoms with E-state index < -0.39 is 15.9 Å². The zero-order valence-corrected chi connectivity index (χ0v) is 11.2. The smallest absolute Gasteiger partial charge is 0.338 e. The molecule has 0 aliphatic rings. The Kier molecular flexibility index (Phi) is 4.98. The van der Waals surface area contributed by atoms with Gasteiger partial charge >= 0.3 is 5.97 Å². The van der Waals surface area contributed by atoms with E-state index in [0.29, 0.717) is 11.1 Å². The van der Waals surface area contributed by atoms with Crippen LogP contribution in [0, 0.1) is 4.78 Å². The summed E-state index contributed by atoms with van der Waals surface area (Å²) in [5.74, 6) is -0.515. The van der Waals surface area contributed by atoms with E-state index >= 15 is 0 Å². The standard InChI is InChI=1S/C10H14N2O3S2/c1-15-10(13)9-6-4-3-5-8(9)7-17(11,14)12-16-2/h3-6H,7H2,1-2H3,(H2,11,12,14). The van der Waals surface area contributed by atoms with Gasteiger partial charge in [0.25, 0.3) is 0 Å². The summed E-state index contributed by atoms with van der Waals surface area (Å²) in [7, 11) is -1.65. The summed E-state index contributed by atoms with van der Waals surface area (Å²) in [6, 6.07) is 6.69. The van der Waals surface area contributed by atoms with Gasteiger partial charge in [-0.25, -0.2) is 13.8 Å². The number of ether oxygens (including phenoxy) is 1. The highest BCUT2D eigenvalue weighted by Crippen LogP contribution is 2.14. The van der Waals surface area contributed by atoms with Crippen LogP contribution in [0.4, 0.5) is 0 Å². The van der Waals surface area contributed by atoms with Gasteiger partial charge in [0.2, 0.25) is 0 Å². The molecular formula is C10H14N2O3S2. The maximum atomic E-state index is 11.8. The molecule has 0 aliphatic carbocycles. The summed E-state index contributed by atoms with van der Waals surface area (Å²) < 4.78 is 26.5. The summed E-state index contributed by atoms with van der Waals surface area (Å²) >= 11 is 1.12. The van der Waals surface area contributed by atoms with Crippen molar-refractivity contribution in [1.82, 2.24) is 4.13 Å². The lowest BCUT2D eigenvalue weighted by molar-refractivity contribution is 0.0600. The minimum absolute atomic E-state index is 0.0287. The average Bonchev–Trinajstić information content (AvgIpc) is 2.28. The molecule has 0 fully saturated rings. The van der Waals surface area contributed by atoms with E-state index in [-0.39, 0.29) is 5.75 Å². The van der Waals surface area contributed by atoms with Crippen molar-refractivity contribution in [2.45, 2.75) is 5.75 Å². The number of rotatable bonds is 5. The first-order valence-electron chi connectivity index (χ1n) is 4.72. The van der Waals surface area contributed by atoms with Gasteiger partial charge in [-0.15, -0.1) is 0 Å². The van der Waals surface area contributed by atoms with Crippen LogP contribution < -0.4 is 4.13 Å². The second-order valence-electron chi connectivity index (χ2n) is 3.26. The van der Waals surface area contributed by atoms with Gasteiger partial charge < -0.3 is 4.74 Å². The SMILES string of the molecule is COC(=O)c1ccccc1CS(=N)(=O)NSC. The fraction of sp³-hybridized carbons (Fsp3) is 0.300. The van der Waals surface area contributed by atoms with E-state index in [1.54, 1.807) is 30.5 Å². The molecule has 0 heterocycles. The third kappa shape index (κ3) is 4.03. The Morgan fingerprint density at radius 1 is 1.53 bits per heavy atom. The summed E-state index contributed by atoms with van der Waals surface area (Å²) in [6.45, 7) is 0. The van der Waals surface area contributed by atoms with Crippen molar-refractivity contribution < 1.29 is 13.7 Å². The predicted octanol–water partition coefficient (Wildman–Crippen LogP) is 1.80. The van der Waals surface area contributed by atoms with E-state index in [9.17, 15) is 9.00 Å². The molecule has 0 aromatic heterocycles. The van der Waals surface area contributed by atoms with Crippen molar-refractivity contribution in [3.63, 3.8) is 0 Å². The van der Waals surface area contributed by atoms with Crippen LogP contribution in [0.3, 0.4) is 0 Å². The lowest BCUT2D eigenvalue weighted by Crippen LogP contribution is -2.18. The van der Waals surface area contributed by atoms with Crippen molar-refractivity contribution in [2.75, 3.05) is 13.4 Å². The van der Waals surface area contributed by atoms with Crippen molar-refractivity contribution in [3.05, 3.63) is 35.4 Å². The van der Waals surface area contributed by atoms with Crippen LogP contribution in [0.25, 0.3) is 0 Å². The van der Waals surface area contributed by atoms with Crippen LogP contribution in [0.2, 0.25) is 0 Å². The van der Waals surface area contributed by atoms with Crippen molar-refractivity contribution in [2.24, 2.45) is 0 Å². The van der Waals surface area contributed by atoms with Gasteiger partial charge in [0.15, 0.2) is 0 Å². The molecule has 0 bridgehead atoms. The minimum atomic E-state index is -2.94. The van der Waals surface area contributed by atoms with Crippen LogP contribution >= 0.6 is 11.9 Å². The maximum Gasteiger partial charge on any atom is 0.338 e. The Morgan fingerprint density at radius 3 is 2.76 bits per heavy atom. The highest BCUT2D eigenvalue weighted by atomic mass is 32.3. The topological polar surface area (TPSA) is 79.2 Å². The number of carbonyl (C=O) groups is 1. The molecule has 5 nitrogen and oxygen atoms in total. The number of carbonyl (C=O) groups excluding carboxylic acids is 1. The Bertz CT molecular complexity index is 500. The molecule has 1 unspecified atom stereocenters. The number of esters is 1. The highest BCUT2D eigenvalue weighted by Gasteiger charge is 2.15. The lowest BCUT2D eigenvalue weighted by Gasteiger charge is -2.10. The monoisotopic (exact) mass is 274 g/mol. The van der Waals surface area contributed by atoms with Gasteiger partial charge in [-0.05, 0) is 17.9 Å². The largest absolute Gasteiger partial charge is 0.465 e. The second kappa shape index (κ2) is 6.04. The van der Waals surface area contributed by atoms with E-state index in [1.165, 1.54) is 7.11 Å². The lowest BCUT2D eigenvalue weighted by atomic mass is 10.1. The highest BCUT2D eigenvalue weighted by molar-refractivity contribution is 8.08. The zero-order chi connectivity index (χ0) is 12.9. The number of methoxy groups -OCH3 is 1. The van der Waals surface area contributed by atoms with Crippen molar-refractivity contribution >= 4 is 27.8 Å². The number of benzene rings is 1. The molecule has 0 saturated heterocycles. The molecule has 1 aromatic rings. The average molecular weight is 274 g/mol. The summed E-state index contributed by atoms with van der Waals surface area (Å²) in [6.07, 6.45) is 1.69. The maximum absolute atomic E-state index is 11.8. The van der Waals surface area contributed by atoms with Gasteiger partial charge in [0, 0.05) is 0 Å². The van der Waals surface area contributed by atoms with Crippen molar-refractivity contribution in [1.29, 1.82) is 4.78 Å². The first-order chi connectivity index (χ1) is 8.00. The van der Waals surface area contributed by atoms with E-state index in [0.717, 1.165) is 11.9 Å². The van der Waals surface area contributed by atoms with E-state index in [1.807, 2.05) is 0 Å². The van der Waals surface area contributed by atoms with Crippen LogP contribution in [0.1, 0.15) is 15.9 Å². The Balaban J connectivity index is 3.03. The molecule has 1 atom stereocenters. The molecule has 0 amide bonds. The molecule has 1 aromatic carbocycles. The fourth-order valence-electron chi connectivity index (χ4n) is 1.34. The summed E-state index contributed by atoms with van der Waals surface area (Å²) in [5, 5.41) is 0. The van der Waals surface area contributed by atoms with Gasteiger partial charge in [0.05, 0.1) is 18.4 Å². The molecule has 0 radical (unpaired) electrons. The Labute approximate surface area is 105 Å². The molecule has 94 valence electrons. The number of hydrogen-bond donors (Lipinski definition) is 2. The van der Waals surface area contributed by atoms with Crippen LogP contribution in [-0.4, -0.2) is 23.5 Å². The number of hydrogen-bond acceptors (Lipinski definition) is 5. The van der Waals surface area contributed by atoms with Crippen LogP contribution in [-0.2, 0) is 20.4 Å². The molecule has 0 aliphatic heterocycles. The predicted molar refractivity (Wildman–Crippen MR) is 69.0 cm³/mol. The van der Waals surface area contributed by atoms with Crippen LogP contribution in [0.5, 0.6) is 0 Å². The Morgan fingerprint density at radius 2 is 2.18 bits per heavy atom. The molecule has 0 spiro atoms. The van der Waals surface area contributed by atoms with Gasteiger partial charge in [-0.1, -0.05) is 30.1 Å². The first kappa shape index (κ1) is 14.0. The molecule has 2 N–H and O–H groups in total. The quantitative estimate of drug-likeness (QED) is 0.634. The summed E-state index contributed by atoms with van der Waals surface area (Å²) in [4.78, 5) is 11.5. The fourth-order valence-corrected chi connectivity index (χ4v) is 3.34.